The summed E-state index contributed by atoms with van der Waals surface area (Å²) in [6.45, 7) is 3.88. The number of amides is 1. The molecule has 1 aromatic rings. The molecule has 0 aliphatic heterocycles. The summed E-state index contributed by atoms with van der Waals surface area (Å²) in [6, 6.07) is 7.67. The fourth-order valence-electron chi connectivity index (χ4n) is 3.84. The van der Waals surface area contributed by atoms with E-state index in [0.29, 0.717) is 12.8 Å². The van der Waals surface area contributed by atoms with Crippen molar-refractivity contribution in [2.24, 2.45) is 5.41 Å². The fourth-order valence-corrected chi connectivity index (χ4v) is 3.84. The van der Waals surface area contributed by atoms with Crippen LogP contribution in [0.2, 0.25) is 0 Å². The number of carbonyl (C=O) groups excluding carboxylic acids is 1. The zero-order valence-corrected chi connectivity index (χ0v) is 15.4. The largest absolute Gasteiger partial charge is 0.497 e. The SMILES string of the molecule is CCC(CC)(CNC(=O)C1(c2cccc(OC)c2)CCCC1)C(=O)O. The van der Waals surface area contributed by atoms with Crippen LogP contribution in [-0.2, 0) is 15.0 Å². The van der Waals surface area contributed by atoms with Gasteiger partial charge in [0.15, 0.2) is 0 Å². The molecule has 1 aliphatic rings. The summed E-state index contributed by atoms with van der Waals surface area (Å²) in [4.78, 5) is 24.8. The maximum Gasteiger partial charge on any atom is 0.311 e. The van der Waals surface area contributed by atoms with Crippen molar-refractivity contribution in [3.8, 4) is 5.75 Å². The molecule has 5 nitrogen and oxygen atoms in total. The van der Waals surface area contributed by atoms with Gasteiger partial charge in [0.25, 0.3) is 0 Å². The first-order valence-electron chi connectivity index (χ1n) is 9.10. The van der Waals surface area contributed by atoms with Gasteiger partial charge in [0.2, 0.25) is 5.91 Å². The van der Waals surface area contributed by atoms with Crippen LogP contribution in [0.15, 0.2) is 24.3 Å². The molecular weight excluding hydrogens is 318 g/mol. The molecule has 5 heteroatoms. The molecule has 1 saturated carbocycles. The molecule has 1 aliphatic carbocycles. The highest BCUT2D eigenvalue weighted by Crippen LogP contribution is 2.42. The summed E-state index contributed by atoms with van der Waals surface area (Å²) in [7, 11) is 1.62. The summed E-state index contributed by atoms with van der Waals surface area (Å²) in [5.41, 5.74) is -0.528. The first-order valence-corrected chi connectivity index (χ1v) is 9.10. The second kappa shape index (κ2) is 7.89. The van der Waals surface area contributed by atoms with Crippen molar-refractivity contribution < 1.29 is 19.4 Å². The molecule has 2 rings (SSSR count). The first kappa shape index (κ1) is 19.3. The van der Waals surface area contributed by atoms with Crippen molar-refractivity contribution in [3.05, 3.63) is 29.8 Å². The third kappa shape index (κ3) is 3.65. The quantitative estimate of drug-likeness (QED) is 0.754. The summed E-state index contributed by atoms with van der Waals surface area (Å²) in [5, 5.41) is 12.5. The van der Waals surface area contributed by atoms with Crippen LogP contribution in [-0.4, -0.2) is 30.6 Å². The summed E-state index contributed by atoms with van der Waals surface area (Å²) in [6.07, 6.45) is 4.54. The Morgan fingerprint density at radius 2 is 1.88 bits per heavy atom. The average molecular weight is 347 g/mol. The zero-order valence-electron chi connectivity index (χ0n) is 15.4. The van der Waals surface area contributed by atoms with Crippen molar-refractivity contribution in [1.82, 2.24) is 5.32 Å². The van der Waals surface area contributed by atoms with E-state index in [0.717, 1.165) is 37.0 Å². The monoisotopic (exact) mass is 347 g/mol. The van der Waals surface area contributed by atoms with Crippen molar-refractivity contribution in [2.45, 2.75) is 57.8 Å². The van der Waals surface area contributed by atoms with E-state index in [1.807, 2.05) is 38.1 Å². The van der Waals surface area contributed by atoms with Crippen molar-refractivity contribution in [3.63, 3.8) is 0 Å². The highest BCUT2D eigenvalue weighted by Gasteiger charge is 2.44. The van der Waals surface area contributed by atoms with E-state index in [2.05, 4.69) is 5.32 Å². The van der Waals surface area contributed by atoms with Gasteiger partial charge in [0, 0.05) is 6.54 Å². The van der Waals surface area contributed by atoms with E-state index >= 15 is 0 Å². The van der Waals surface area contributed by atoms with E-state index < -0.39 is 16.8 Å². The molecule has 138 valence electrons. The molecule has 0 aromatic heterocycles. The lowest BCUT2D eigenvalue weighted by Gasteiger charge is -2.32. The smallest absolute Gasteiger partial charge is 0.311 e. The molecular formula is C20H29NO4. The normalized spacial score (nSPS) is 16.4. The van der Waals surface area contributed by atoms with Crippen LogP contribution in [0.1, 0.15) is 57.9 Å². The van der Waals surface area contributed by atoms with Gasteiger partial charge >= 0.3 is 5.97 Å². The number of ether oxygens (including phenoxy) is 1. The molecule has 1 aromatic carbocycles. The third-order valence-electron chi connectivity index (χ3n) is 5.91. The van der Waals surface area contributed by atoms with Gasteiger partial charge in [-0.2, -0.15) is 0 Å². The van der Waals surface area contributed by atoms with Gasteiger partial charge < -0.3 is 15.2 Å². The Hall–Kier alpha value is -2.04. The topological polar surface area (TPSA) is 75.6 Å². The van der Waals surface area contributed by atoms with Gasteiger partial charge in [-0.3, -0.25) is 9.59 Å². The maximum absolute atomic E-state index is 13.1. The number of aliphatic carboxylic acids is 1. The number of methoxy groups -OCH3 is 1. The van der Waals surface area contributed by atoms with Gasteiger partial charge in [-0.1, -0.05) is 38.8 Å². The molecule has 0 spiro atoms. The lowest BCUT2D eigenvalue weighted by atomic mass is 9.77. The van der Waals surface area contributed by atoms with E-state index in [1.54, 1.807) is 7.11 Å². The molecule has 0 radical (unpaired) electrons. The Balaban J connectivity index is 2.25. The van der Waals surface area contributed by atoms with Gasteiger partial charge in [0.1, 0.15) is 5.75 Å². The molecule has 2 N–H and O–H groups in total. The highest BCUT2D eigenvalue weighted by molar-refractivity contribution is 5.89. The minimum absolute atomic E-state index is 0.0641. The van der Waals surface area contributed by atoms with E-state index in [1.165, 1.54) is 0 Å². The lowest BCUT2D eigenvalue weighted by Crippen LogP contribution is -2.48. The number of hydrogen-bond donors (Lipinski definition) is 2. The summed E-state index contributed by atoms with van der Waals surface area (Å²) < 4.78 is 5.31. The average Bonchev–Trinajstić information content (AvgIpc) is 3.13. The third-order valence-corrected chi connectivity index (χ3v) is 5.91. The van der Waals surface area contributed by atoms with Gasteiger partial charge in [-0.05, 0) is 43.4 Å². The van der Waals surface area contributed by atoms with Crippen LogP contribution in [0.25, 0.3) is 0 Å². The van der Waals surface area contributed by atoms with Crippen LogP contribution in [0.4, 0.5) is 0 Å². The molecule has 0 unspecified atom stereocenters. The van der Waals surface area contributed by atoms with Crippen LogP contribution >= 0.6 is 0 Å². The fraction of sp³-hybridized carbons (Fsp3) is 0.600. The summed E-state index contributed by atoms with van der Waals surface area (Å²) in [5.74, 6) is -0.177. The van der Waals surface area contributed by atoms with E-state index in [9.17, 15) is 14.7 Å². The molecule has 1 fully saturated rings. The Morgan fingerprint density at radius 3 is 2.40 bits per heavy atom. The predicted molar refractivity (Wildman–Crippen MR) is 96.8 cm³/mol. The number of hydrogen-bond acceptors (Lipinski definition) is 3. The first-order chi connectivity index (χ1) is 11.9. The van der Waals surface area contributed by atoms with Crippen LogP contribution in [0, 0.1) is 5.41 Å². The Morgan fingerprint density at radius 1 is 1.24 bits per heavy atom. The molecule has 25 heavy (non-hydrogen) atoms. The van der Waals surface area contributed by atoms with E-state index in [-0.39, 0.29) is 12.5 Å². The highest BCUT2D eigenvalue weighted by atomic mass is 16.5. The Kier molecular flexibility index (Phi) is 6.09. The second-order valence-electron chi connectivity index (χ2n) is 7.00. The van der Waals surface area contributed by atoms with Crippen molar-refractivity contribution in [2.75, 3.05) is 13.7 Å². The minimum atomic E-state index is -0.899. The summed E-state index contributed by atoms with van der Waals surface area (Å²) >= 11 is 0. The number of benzene rings is 1. The van der Waals surface area contributed by atoms with Crippen LogP contribution < -0.4 is 10.1 Å². The predicted octanol–water partition coefficient (Wildman–Crippen LogP) is 3.51. The number of carboxylic acids is 1. The Bertz CT molecular complexity index is 616. The molecule has 0 saturated heterocycles. The van der Waals surface area contributed by atoms with E-state index in [4.69, 9.17) is 4.74 Å². The Labute approximate surface area is 149 Å². The number of carboxylic acid groups (broad SMARTS) is 1. The molecule has 0 bridgehead atoms. The molecule has 0 atom stereocenters. The van der Waals surface area contributed by atoms with Crippen molar-refractivity contribution in [1.29, 1.82) is 0 Å². The van der Waals surface area contributed by atoms with Crippen LogP contribution in [0.5, 0.6) is 5.75 Å². The van der Waals surface area contributed by atoms with Crippen LogP contribution in [0.3, 0.4) is 0 Å². The zero-order chi connectivity index (χ0) is 18.5. The second-order valence-corrected chi connectivity index (χ2v) is 7.00. The van der Waals surface area contributed by atoms with Gasteiger partial charge in [-0.25, -0.2) is 0 Å². The number of carbonyl (C=O) groups is 2. The standard InChI is InChI=1S/C20H29NO4/c1-4-19(5-2,18(23)24)14-21-17(22)20(11-6-7-12-20)15-9-8-10-16(13-15)25-3/h8-10,13H,4-7,11-12,14H2,1-3H3,(H,21,22)(H,23,24). The van der Waals surface area contributed by atoms with Gasteiger partial charge in [-0.15, -0.1) is 0 Å². The van der Waals surface area contributed by atoms with Crippen molar-refractivity contribution >= 4 is 11.9 Å². The van der Waals surface area contributed by atoms with Gasteiger partial charge in [0.05, 0.1) is 17.9 Å². The number of nitrogens with one attached hydrogen (secondary N) is 1. The maximum atomic E-state index is 13.1. The molecule has 1 amide bonds. The lowest BCUT2D eigenvalue weighted by molar-refractivity contribution is -0.149. The molecule has 0 heterocycles. The minimum Gasteiger partial charge on any atom is -0.497 e. The number of rotatable bonds is 8.